The lowest BCUT2D eigenvalue weighted by atomic mass is 10.1. The first kappa shape index (κ1) is 32.1. The van der Waals surface area contributed by atoms with Crippen molar-refractivity contribution in [1.82, 2.24) is 0 Å². The van der Waals surface area contributed by atoms with Crippen LogP contribution in [0.2, 0.25) is 0 Å². The molecule has 0 N–H and O–H groups in total. The van der Waals surface area contributed by atoms with Gasteiger partial charge >= 0.3 is 0 Å². The average molecular weight is 504 g/mol. The lowest BCUT2D eigenvalue weighted by molar-refractivity contribution is -0.130. The quantitative estimate of drug-likeness (QED) is 0.437. The predicted octanol–water partition coefficient (Wildman–Crippen LogP) is 1.85. The zero-order chi connectivity index (χ0) is 28.7. The lowest BCUT2D eigenvalue weighted by Gasteiger charge is -2.04. The number of aryl methyl sites for hydroxylation is 1. The van der Waals surface area contributed by atoms with Gasteiger partial charge in [0.15, 0.2) is 0 Å². The Hall–Kier alpha value is -6.88. The van der Waals surface area contributed by atoms with E-state index < -0.39 is 0 Å². The maximum Gasteiger partial charge on any atom is 0.293 e. The number of hydrogen-bond acceptors (Lipinski definition) is 5. The van der Waals surface area contributed by atoms with Crippen molar-refractivity contribution in [3.05, 3.63) is 29.3 Å². The highest BCUT2D eigenvalue weighted by Gasteiger charge is 1.99. The molecular formula is C34H16O5. The SMILES string of the molecule is C#CC#CC#CC#CC#CC#CC#CC#CC#CC#CC#COc1cc(C)cc(COC=O)c1.CCOC=O. The van der Waals surface area contributed by atoms with Gasteiger partial charge in [-0.15, -0.1) is 6.42 Å². The second-order valence-electron chi connectivity index (χ2n) is 5.84. The second kappa shape index (κ2) is 25.7. The smallest absolute Gasteiger partial charge is 0.293 e. The molecule has 0 heterocycles. The topological polar surface area (TPSA) is 61.8 Å². The number of carbonyl (C=O) groups excluding carboxylic acids is 2. The molecule has 0 radical (unpaired) electrons. The number of ether oxygens (including phenoxy) is 3. The van der Waals surface area contributed by atoms with E-state index in [4.69, 9.17) is 15.9 Å². The molecule has 0 aliphatic heterocycles. The van der Waals surface area contributed by atoms with Gasteiger partial charge < -0.3 is 14.2 Å². The maximum absolute atomic E-state index is 10.3. The van der Waals surface area contributed by atoms with Crippen LogP contribution < -0.4 is 4.74 Å². The monoisotopic (exact) mass is 504 g/mol. The summed E-state index contributed by atoms with van der Waals surface area (Å²) in [7, 11) is 0. The molecular weight excluding hydrogens is 488 g/mol. The van der Waals surface area contributed by atoms with Crippen LogP contribution in [0.25, 0.3) is 0 Å². The van der Waals surface area contributed by atoms with E-state index in [0.29, 0.717) is 25.3 Å². The van der Waals surface area contributed by atoms with Crippen LogP contribution >= 0.6 is 0 Å². The van der Waals surface area contributed by atoms with Crippen molar-refractivity contribution in [3.8, 4) is 137 Å². The molecule has 39 heavy (non-hydrogen) atoms. The third-order valence-electron chi connectivity index (χ3n) is 3.08. The molecule has 182 valence electrons. The van der Waals surface area contributed by atoms with Crippen LogP contribution in [-0.2, 0) is 25.7 Å². The minimum absolute atomic E-state index is 0.160. The van der Waals surface area contributed by atoms with Gasteiger partial charge in [-0.2, -0.15) is 0 Å². The molecule has 0 spiro atoms. The molecule has 0 saturated carbocycles. The molecule has 0 saturated heterocycles. The second-order valence-corrected chi connectivity index (χ2v) is 5.84. The Morgan fingerprint density at radius 3 is 1.46 bits per heavy atom. The predicted molar refractivity (Wildman–Crippen MR) is 147 cm³/mol. The Kier molecular flexibility index (Phi) is 21.2. The Morgan fingerprint density at radius 1 is 0.641 bits per heavy atom. The third kappa shape index (κ3) is 22.7. The van der Waals surface area contributed by atoms with Crippen LogP contribution in [0.4, 0.5) is 0 Å². The Bertz CT molecular complexity index is 1700. The van der Waals surface area contributed by atoms with Crippen molar-refractivity contribution in [2.45, 2.75) is 20.5 Å². The van der Waals surface area contributed by atoms with Crippen molar-refractivity contribution in [3.63, 3.8) is 0 Å². The van der Waals surface area contributed by atoms with E-state index in [-0.39, 0.29) is 6.61 Å². The first-order chi connectivity index (χ1) is 19.2. The number of carbonyl (C=O) groups is 2. The van der Waals surface area contributed by atoms with E-state index in [1.165, 1.54) is 0 Å². The van der Waals surface area contributed by atoms with Crippen molar-refractivity contribution in [1.29, 1.82) is 0 Å². The van der Waals surface area contributed by atoms with E-state index in [1.807, 2.05) is 13.0 Å². The van der Waals surface area contributed by atoms with Crippen LogP contribution in [0.1, 0.15) is 18.1 Å². The molecule has 0 bridgehead atoms. The molecule has 5 nitrogen and oxygen atoms in total. The summed E-state index contributed by atoms with van der Waals surface area (Å²) in [6.07, 6.45) is 7.38. The largest absolute Gasteiger partial charge is 0.468 e. The summed E-state index contributed by atoms with van der Waals surface area (Å²) in [6, 6.07) is 5.39. The fourth-order valence-electron chi connectivity index (χ4n) is 1.84. The number of hydrogen-bond donors (Lipinski definition) is 0. The molecule has 0 unspecified atom stereocenters. The summed E-state index contributed by atoms with van der Waals surface area (Å²) in [5, 5.41) is 0. The van der Waals surface area contributed by atoms with Crippen LogP contribution in [0.5, 0.6) is 5.75 Å². The zero-order valence-electron chi connectivity index (χ0n) is 20.9. The van der Waals surface area contributed by atoms with Gasteiger partial charge in [-0.05, 0) is 84.5 Å². The standard InChI is InChI=1S/C31H10O3.C3H6O2/c1-3-4-5-6-7-8-9-10-11-12-13-14-15-16-17-18-19-20-21-22-23-34-31-25-29(2)24-30(26-31)27-33-28-32;1-2-5-3-4/h1,24-26,28H,27H2,2H3;3H,2H2,1H3. The minimum atomic E-state index is 0.160. The summed E-state index contributed by atoms with van der Waals surface area (Å²) in [5.41, 5.74) is 1.74. The molecule has 0 aliphatic carbocycles. The Balaban J connectivity index is 0.00000263. The van der Waals surface area contributed by atoms with Crippen LogP contribution in [-0.4, -0.2) is 19.6 Å². The molecule has 0 amide bonds. The van der Waals surface area contributed by atoms with Gasteiger partial charge in [-0.25, -0.2) is 0 Å². The van der Waals surface area contributed by atoms with E-state index in [0.717, 1.165) is 11.1 Å². The molecule has 0 atom stereocenters. The number of benzene rings is 1. The van der Waals surface area contributed by atoms with Gasteiger partial charge in [0.25, 0.3) is 12.9 Å². The van der Waals surface area contributed by atoms with E-state index in [2.05, 4.69) is 129 Å². The van der Waals surface area contributed by atoms with Crippen molar-refractivity contribution >= 4 is 12.9 Å². The van der Waals surface area contributed by atoms with Gasteiger partial charge in [0.05, 0.1) is 6.61 Å². The van der Waals surface area contributed by atoms with E-state index >= 15 is 0 Å². The highest BCUT2D eigenvalue weighted by Crippen LogP contribution is 2.17. The Labute approximate surface area is 229 Å². The van der Waals surface area contributed by atoms with E-state index in [1.54, 1.807) is 19.1 Å². The fraction of sp³-hybridized carbons (Fsp3) is 0.118. The Morgan fingerprint density at radius 2 is 1.08 bits per heavy atom. The summed E-state index contributed by atoms with van der Waals surface area (Å²) >= 11 is 0. The molecule has 0 aromatic heterocycles. The van der Waals surface area contributed by atoms with Crippen LogP contribution in [0.3, 0.4) is 0 Å². The summed E-state index contributed by atoms with van der Waals surface area (Å²) in [6.45, 7) is 5.10. The fourth-order valence-corrected chi connectivity index (χ4v) is 1.84. The van der Waals surface area contributed by atoms with E-state index in [9.17, 15) is 9.59 Å². The first-order valence-corrected chi connectivity index (χ1v) is 10.5. The molecule has 1 aromatic carbocycles. The van der Waals surface area contributed by atoms with Gasteiger partial charge in [0.1, 0.15) is 18.5 Å². The van der Waals surface area contributed by atoms with Crippen molar-refractivity contribution in [2.24, 2.45) is 0 Å². The first-order valence-electron chi connectivity index (χ1n) is 10.5. The third-order valence-corrected chi connectivity index (χ3v) is 3.08. The highest BCUT2D eigenvalue weighted by molar-refractivity contribution is 5.47. The molecule has 1 aromatic rings. The number of terminal acetylenes is 1. The van der Waals surface area contributed by atoms with Gasteiger partial charge in [-0.1, -0.05) is 6.07 Å². The molecule has 5 heteroatoms. The lowest BCUT2D eigenvalue weighted by Crippen LogP contribution is -1.92. The maximum atomic E-state index is 10.3. The minimum Gasteiger partial charge on any atom is -0.468 e. The molecule has 0 fully saturated rings. The van der Waals surface area contributed by atoms with Crippen LogP contribution in [0, 0.1) is 138 Å². The zero-order valence-corrected chi connectivity index (χ0v) is 20.9. The highest BCUT2D eigenvalue weighted by atomic mass is 16.5. The van der Waals surface area contributed by atoms with Crippen LogP contribution in [0.15, 0.2) is 18.2 Å². The summed E-state index contributed by atoms with van der Waals surface area (Å²) < 4.78 is 14.2. The normalized spacial score (nSPS) is 6.08. The summed E-state index contributed by atoms with van der Waals surface area (Å²) in [5.74, 6) is 49.7. The number of rotatable bonds is 6. The summed E-state index contributed by atoms with van der Waals surface area (Å²) in [4.78, 5) is 19.5. The van der Waals surface area contributed by atoms with Gasteiger partial charge in [0, 0.05) is 71.0 Å². The van der Waals surface area contributed by atoms with Gasteiger partial charge in [-0.3, -0.25) is 9.59 Å². The van der Waals surface area contributed by atoms with Gasteiger partial charge in [0.2, 0.25) is 0 Å². The van der Waals surface area contributed by atoms with Crippen molar-refractivity contribution < 1.29 is 23.8 Å². The molecule has 0 aliphatic rings. The molecule has 1 rings (SSSR count). The van der Waals surface area contributed by atoms with Crippen molar-refractivity contribution in [2.75, 3.05) is 6.61 Å². The average Bonchev–Trinajstić information content (AvgIpc) is 2.93.